The zero-order valence-electron chi connectivity index (χ0n) is 29.4. The van der Waals surface area contributed by atoms with Gasteiger partial charge in [-0.05, 0) is 12.8 Å². The van der Waals surface area contributed by atoms with E-state index in [-0.39, 0.29) is 12.8 Å². The molecule has 1 saturated carbocycles. The van der Waals surface area contributed by atoms with Gasteiger partial charge in [0.2, 0.25) is 5.91 Å². The smallest absolute Gasteiger partial charge is 0.393 e. The minimum atomic E-state index is -5.09. The predicted octanol–water partition coefficient (Wildman–Crippen LogP) is 3.75. The minimum absolute atomic E-state index is 0.218. The van der Waals surface area contributed by atoms with Crippen LogP contribution < -0.4 is 5.32 Å². The van der Waals surface area contributed by atoms with E-state index in [2.05, 4.69) is 19.2 Å². The lowest BCUT2D eigenvalue weighted by Gasteiger charge is -2.41. The molecule has 0 saturated heterocycles. The maximum absolute atomic E-state index is 12.8. The first kappa shape index (κ1) is 45.3. The summed E-state index contributed by atoms with van der Waals surface area (Å²) in [5.41, 5.74) is 0. The van der Waals surface area contributed by atoms with Gasteiger partial charge in [0.05, 0.1) is 31.3 Å². The summed E-state index contributed by atoms with van der Waals surface area (Å²) in [5, 5.41) is 73.9. The highest BCUT2D eigenvalue weighted by Crippen LogP contribution is 2.47. The van der Waals surface area contributed by atoms with Crippen LogP contribution in [0.4, 0.5) is 0 Å². The molecule has 0 aromatic carbocycles. The molecular weight excluding hydrogens is 645 g/mol. The van der Waals surface area contributed by atoms with Crippen LogP contribution in [0.2, 0.25) is 0 Å². The third-order valence-electron chi connectivity index (χ3n) is 9.22. The van der Waals surface area contributed by atoms with Crippen LogP contribution in [-0.2, 0) is 18.4 Å². The maximum atomic E-state index is 12.8. The molecule has 0 aliphatic heterocycles. The van der Waals surface area contributed by atoms with E-state index < -0.39 is 75.2 Å². The van der Waals surface area contributed by atoms with Crippen LogP contribution in [0.5, 0.6) is 0 Å². The Hall–Kier alpha value is -0.700. The van der Waals surface area contributed by atoms with Crippen molar-refractivity contribution >= 4 is 13.7 Å². The molecule has 0 heterocycles. The highest BCUT2D eigenvalue weighted by molar-refractivity contribution is 7.47. The molecule has 48 heavy (non-hydrogen) atoms. The second-order valence-electron chi connectivity index (χ2n) is 13.6. The standard InChI is InChI=1S/C34H68NO12P/c1-3-5-7-9-11-13-14-16-18-20-22-27(37)26(35-28(38)23-25(36)21-19-17-15-12-10-8-6-4-2)24-46-48(44,45)47-34-32(42)30(40)29(39)31(41)33(34)43/h25-27,29-34,36-37,39-43H,3-24H2,1-2H3,(H,35,38)(H,44,45). The summed E-state index contributed by atoms with van der Waals surface area (Å²) in [5.74, 6) is -0.565. The van der Waals surface area contributed by atoms with Crippen molar-refractivity contribution in [2.45, 2.75) is 204 Å². The summed E-state index contributed by atoms with van der Waals surface area (Å²) in [6, 6.07) is -1.14. The van der Waals surface area contributed by atoms with Gasteiger partial charge in [0.15, 0.2) is 0 Å². The highest BCUT2D eigenvalue weighted by atomic mass is 31.2. The van der Waals surface area contributed by atoms with Gasteiger partial charge in [0.25, 0.3) is 0 Å². The average molecular weight is 714 g/mol. The van der Waals surface area contributed by atoms with Crippen LogP contribution in [0.1, 0.15) is 149 Å². The summed E-state index contributed by atoms with van der Waals surface area (Å²) < 4.78 is 22.7. The quantitative estimate of drug-likeness (QED) is 0.0399. The van der Waals surface area contributed by atoms with Crippen LogP contribution in [0, 0.1) is 0 Å². The number of unbranched alkanes of at least 4 members (excludes halogenated alkanes) is 16. The lowest BCUT2D eigenvalue weighted by molar-refractivity contribution is -0.220. The third-order valence-corrected chi connectivity index (χ3v) is 10.2. The molecule has 0 spiro atoms. The SMILES string of the molecule is CCCCCCCCCCCCC(O)C(COP(=O)(O)OC1C(O)C(O)C(O)C(O)C1O)NC(=O)CC(O)CCCCCCCCCC. The number of phosphoric ester groups is 1. The number of rotatable bonds is 29. The van der Waals surface area contributed by atoms with Gasteiger partial charge in [-0.15, -0.1) is 0 Å². The first-order valence-electron chi connectivity index (χ1n) is 18.6. The van der Waals surface area contributed by atoms with Crippen molar-refractivity contribution in [1.82, 2.24) is 5.32 Å². The Balaban J connectivity index is 2.67. The molecule has 0 bridgehead atoms. The minimum Gasteiger partial charge on any atom is -0.393 e. The number of carbonyl (C=O) groups excluding carboxylic acids is 1. The van der Waals surface area contributed by atoms with Crippen molar-refractivity contribution in [2.24, 2.45) is 0 Å². The van der Waals surface area contributed by atoms with E-state index in [0.29, 0.717) is 12.8 Å². The van der Waals surface area contributed by atoms with Crippen molar-refractivity contribution in [2.75, 3.05) is 6.61 Å². The Morgan fingerprint density at radius 1 is 0.646 bits per heavy atom. The molecule has 1 aliphatic carbocycles. The molecular formula is C34H68NO12P. The van der Waals surface area contributed by atoms with Crippen molar-refractivity contribution in [3.05, 3.63) is 0 Å². The van der Waals surface area contributed by atoms with Crippen LogP contribution in [0.25, 0.3) is 0 Å². The highest BCUT2D eigenvalue weighted by Gasteiger charge is 2.51. The second kappa shape index (κ2) is 26.1. The first-order chi connectivity index (χ1) is 22.8. The fourth-order valence-electron chi connectivity index (χ4n) is 6.07. The van der Waals surface area contributed by atoms with E-state index >= 15 is 0 Å². The Labute approximate surface area is 288 Å². The Bertz CT molecular complexity index is 854. The monoisotopic (exact) mass is 713 g/mol. The number of phosphoric acid groups is 1. The summed E-state index contributed by atoms with van der Waals surface area (Å²) in [4.78, 5) is 23.2. The molecule has 0 radical (unpaired) electrons. The van der Waals surface area contributed by atoms with Gasteiger partial charge < -0.3 is 46.0 Å². The predicted molar refractivity (Wildman–Crippen MR) is 183 cm³/mol. The number of hydrogen-bond acceptors (Lipinski definition) is 11. The van der Waals surface area contributed by atoms with Crippen molar-refractivity contribution in [3.63, 3.8) is 0 Å². The number of aliphatic hydroxyl groups is 7. The van der Waals surface area contributed by atoms with Gasteiger partial charge >= 0.3 is 7.82 Å². The largest absolute Gasteiger partial charge is 0.472 e. The summed E-state index contributed by atoms with van der Waals surface area (Å²) in [6.45, 7) is 3.68. The molecule has 1 rings (SSSR count). The van der Waals surface area contributed by atoms with Crippen molar-refractivity contribution < 1.29 is 59.0 Å². The Morgan fingerprint density at radius 2 is 1.04 bits per heavy atom. The molecule has 1 fully saturated rings. The van der Waals surface area contributed by atoms with Gasteiger partial charge in [-0.25, -0.2) is 4.57 Å². The van der Waals surface area contributed by atoms with Gasteiger partial charge in [-0.3, -0.25) is 13.8 Å². The number of aliphatic hydroxyl groups excluding tert-OH is 7. The van der Waals surface area contributed by atoms with E-state index in [1.807, 2.05) is 0 Å². The van der Waals surface area contributed by atoms with Gasteiger partial charge in [-0.1, -0.05) is 129 Å². The number of amides is 1. The third kappa shape index (κ3) is 19.1. The molecule has 1 amide bonds. The molecule has 8 atom stereocenters. The van der Waals surface area contributed by atoms with Gasteiger partial charge in [-0.2, -0.15) is 0 Å². The van der Waals surface area contributed by atoms with Crippen LogP contribution in [0.15, 0.2) is 0 Å². The van der Waals surface area contributed by atoms with E-state index in [4.69, 9.17) is 9.05 Å². The van der Waals surface area contributed by atoms with Gasteiger partial charge in [0, 0.05) is 0 Å². The fraction of sp³-hybridized carbons (Fsp3) is 0.971. The van der Waals surface area contributed by atoms with E-state index in [1.54, 1.807) is 0 Å². The Kier molecular flexibility index (Phi) is 24.7. The Morgan fingerprint density at radius 3 is 1.50 bits per heavy atom. The fourth-order valence-corrected chi connectivity index (χ4v) is 7.03. The summed E-state index contributed by atoms with van der Waals surface area (Å²) in [7, 11) is -5.09. The topological polar surface area (TPSA) is 226 Å². The maximum Gasteiger partial charge on any atom is 0.472 e. The zero-order valence-corrected chi connectivity index (χ0v) is 30.3. The summed E-state index contributed by atoms with van der Waals surface area (Å²) in [6.07, 6.45) is 6.32. The van der Waals surface area contributed by atoms with E-state index in [9.17, 15) is 50.0 Å². The average Bonchev–Trinajstić information content (AvgIpc) is 3.05. The normalized spacial score (nSPS) is 26.1. The number of hydrogen-bond donors (Lipinski definition) is 9. The molecule has 286 valence electrons. The molecule has 0 aromatic heterocycles. The van der Waals surface area contributed by atoms with Gasteiger partial charge in [0.1, 0.15) is 36.6 Å². The second-order valence-corrected chi connectivity index (χ2v) is 15.0. The van der Waals surface area contributed by atoms with E-state index in [1.165, 1.54) is 57.8 Å². The van der Waals surface area contributed by atoms with Crippen LogP contribution in [-0.4, -0.2) is 108 Å². The molecule has 9 N–H and O–H groups in total. The van der Waals surface area contributed by atoms with Crippen molar-refractivity contribution in [3.8, 4) is 0 Å². The molecule has 14 heteroatoms. The molecule has 13 nitrogen and oxygen atoms in total. The lowest BCUT2D eigenvalue weighted by atomic mass is 9.85. The number of carbonyl (C=O) groups is 1. The zero-order chi connectivity index (χ0) is 36.0. The molecule has 1 aliphatic rings. The van der Waals surface area contributed by atoms with Crippen LogP contribution in [0.3, 0.4) is 0 Å². The number of nitrogens with one attached hydrogen (secondary N) is 1. The van der Waals surface area contributed by atoms with E-state index in [0.717, 1.165) is 51.4 Å². The molecule has 0 aromatic rings. The first-order valence-corrected chi connectivity index (χ1v) is 20.1. The lowest BCUT2D eigenvalue weighted by Crippen LogP contribution is -2.64. The molecule has 8 unspecified atom stereocenters. The summed E-state index contributed by atoms with van der Waals surface area (Å²) >= 11 is 0. The van der Waals surface area contributed by atoms with Crippen LogP contribution >= 0.6 is 7.82 Å². The van der Waals surface area contributed by atoms with Crippen molar-refractivity contribution in [1.29, 1.82) is 0 Å².